The SMILES string of the molecule is N#Cc1ccc(C2CCCS2)cc1. The van der Waals surface area contributed by atoms with Crippen molar-refractivity contribution in [2.24, 2.45) is 0 Å². The molecule has 1 aromatic carbocycles. The largest absolute Gasteiger partial charge is 0.192 e. The monoisotopic (exact) mass is 189 g/mol. The van der Waals surface area contributed by atoms with Gasteiger partial charge in [-0.3, -0.25) is 0 Å². The van der Waals surface area contributed by atoms with E-state index >= 15 is 0 Å². The van der Waals surface area contributed by atoms with Gasteiger partial charge in [0.05, 0.1) is 11.6 Å². The summed E-state index contributed by atoms with van der Waals surface area (Å²) in [5, 5.41) is 9.31. The highest BCUT2D eigenvalue weighted by atomic mass is 32.2. The quantitative estimate of drug-likeness (QED) is 0.677. The molecule has 2 rings (SSSR count). The summed E-state index contributed by atoms with van der Waals surface area (Å²) < 4.78 is 0. The zero-order valence-corrected chi connectivity index (χ0v) is 8.18. The standard InChI is InChI=1S/C11H11NS/c12-8-9-3-5-10(6-4-9)11-2-1-7-13-11/h3-6,11H,1-2,7H2. The highest BCUT2D eigenvalue weighted by molar-refractivity contribution is 7.99. The molecule has 0 amide bonds. The van der Waals surface area contributed by atoms with Gasteiger partial charge < -0.3 is 0 Å². The number of nitrogens with zero attached hydrogens (tertiary/aromatic N) is 1. The zero-order chi connectivity index (χ0) is 9.10. The molecule has 1 unspecified atom stereocenters. The number of rotatable bonds is 1. The first-order chi connectivity index (χ1) is 6.40. The van der Waals surface area contributed by atoms with Gasteiger partial charge in [-0.2, -0.15) is 17.0 Å². The van der Waals surface area contributed by atoms with Crippen LogP contribution in [0.25, 0.3) is 0 Å². The molecule has 0 spiro atoms. The molecule has 1 aliphatic rings. The fraction of sp³-hybridized carbons (Fsp3) is 0.364. The summed E-state index contributed by atoms with van der Waals surface area (Å²) in [6.07, 6.45) is 2.62. The van der Waals surface area contributed by atoms with Crippen molar-refractivity contribution in [1.82, 2.24) is 0 Å². The van der Waals surface area contributed by atoms with Gasteiger partial charge in [-0.15, -0.1) is 0 Å². The average Bonchev–Trinajstić information content (AvgIpc) is 2.71. The van der Waals surface area contributed by atoms with Crippen molar-refractivity contribution in [3.8, 4) is 6.07 Å². The van der Waals surface area contributed by atoms with E-state index in [2.05, 4.69) is 18.2 Å². The summed E-state index contributed by atoms with van der Waals surface area (Å²) in [5.74, 6) is 1.28. The first kappa shape index (κ1) is 8.65. The van der Waals surface area contributed by atoms with Crippen molar-refractivity contribution in [3.05, 3.63) is 35.4 Å². The molecule has 0 bridgehead atoms. The van der Waals surface area contributed by atoms with Crippen molar-refractivity contribution in [2.75, 3.05) is 5.75 Å². The number of benzene rings is 1. The zero-order valence-electron chi connectivity index (χ0n) is 7.36. The third kappa shape index (κ3) is 1.87. The second-order valence-electron chi connectivity index (χ2n) is 3.24. The van der Waals surface area contributed by atoms with Gasteiger partial charge in [-0.05, 0) is 36.3 Å². The van der Waals surface area contributed by atoms with Crippen LogP contribution < -0.4 is 0 Å². The molecular weight excluding hydrogens is 178 g/mol. The fourth-order valence-corrected chi connectivity index (χ4v) is 2.91. The lowest BCUT2D eigenvalue weighted by atomic mass is 10.1. The van der Waals surface area contributed by atoms with Gasteiger partial charge in [0.25, 0.3) is 0 Å². The second-order valence-corrected chi connectivity index (χ2v) is 4.55. The van der Waals surface area contributed by atoms with Crippen LogP contribution >= 0.6 is 11.8 Å². The molecule has 0 N–H and O–H groups in total. The molecule has 66 valence electrons. The van der Waals surface area contributed by atoms with Crippen LogP contribution in [-0.2, 0) is 0 Å². The number of hydrogen-bond acceptors (Lipinski definition) is 2. The Kier molecular flexibility index (Phi) is 2.56. The van der Waals surface area contributed by atoms with Crippen LogP contribution in [-0.4, -0.2) is 5.75 Å². The van der Waals surface area contributed by atoms with Gasteiger partial charge in [0, 0.05) is 5.25 Å². The van der Waals surface area contributed by atoms with E-state index in [1.54, 1.807) is 0 Å². The fourth-order valence-electron chi connectivity index (χ4n) is 1.61. The van der Waals surface area contributed by atoms with Crippen molar-refractivity contribution in [1.29, 1.82) is 5.26 Å². The summed E-state index contributed by atoms with van der Waals surface area (Å²) in [5.41, 5.74) is 2.13. The Morgan fingerprint density at radius 2 is 2.08 bits per heavy atom. The lowest BCUT2D eigenvalue weighted by molar-refractivity contribution is 0.829. The number of hydrogen-bond donors (Lipinski definition) is 0. The average molecular weight is 189 g/mol. The molecule has 1 aliphatic heterocycles. The molecule has 1 nitrogen and oxygen atoms in total. The van der Waals surface area contributed by atoms with E-state index in [1.165, 1.54) is 24.2 Å². The van der Waals surface area contributed by atoms with Crippen molar-refractivity contribution >= 4 is 11.8 Å². The van der Waals surface area contributed by atoms with Crippen LogP contribution in [0, 0.1) is 11.3 Å². The van der Waals surface area contributed by atoms with Gasteiger partial charge in [-0.1, -0.05) is 12.1 Å². The van der Waals surface area contributed by atoms with Crippen LogP contribution in [0.2, 0.25) is 0 Å². The van der Waals surface area contributed by atoms with Crippen LogP contribution in [0.4, 0.5) is 0 Å². The first-order valence-corrected chi connectivity index (χ1v) is 5.57. The minimum absolute atomic E-state index is 0.674. The van der Waals surface area contributed by atoms with Gasteiger partial charge in [-0.25, -0.2) is 0 Å². The minimum atomic E-state index is 0.674. The Bertz CT molecular complexity index is 317. The first-order valence-electron chi connectivity index (χ1n) is 4.52. The van der Waals surface area contributed by atoms with E-state index < -0.39 is 0 Å². The maximum absolute atomic E-state index is 8.64. The van der Waals surface area contributed by atoms with Crippen LogP contribution in [0.15, 0.2) is 24.3 Å². The smallest absolute Gasteiger partial charge is 0.0991 e. The van der Waals surface area contributed by atoms with Crippen molar-refractivity contribution < 1.29 is 0 Å². The summed E-state index contributed by atoms with van der Waals surface area (Å²) in [6, 6.07) is 10.1. The van der Waals surface area contributed by atoms with E-state index in [9.17, 15) is 0 Å². The molecule has 0 saturated carbocycles. The van der Waals surface area contributed by atoms with Crippen molar-refractivity contribution in [2.45, 2.75) is 18.1 Å². The van der Waals surface area contributed by atoms with E-state index in [0.717, 1.165) is 5.56 Å². The molecule has 1 aromatic rings. The normalized spacial score (nSPS) is 21.3. The summed E-state index contributed by atoms with van der Waals surface area (Å²) in [4.78, 5) is 0. The van der Waals surface area contributed by atoms with E-state index in [4.69, 9.17) is 5.26 Å². The lowest BCUT2D eigenvalue weighted by Crippen LogP contribution is -1.87. The highest BCUT2D eigenvalue weighted by Crippen LogP contribution is 2.39. The third-order valence-corrected chi connectivity index (χ3v) is 3.78. The molecule has 1 heterocycles. The van der Waals surface area contributed by atoms with E-state index in [0.29, 0.717) is 5.25 Å². The predicted molar refractivity (Wildman–Crippen MR) is 55.6 cm³/mol. The third-order valence-electron chi connectivity index (χ3n) is 2.34. The van der Waals surface area contributed by atoms with Gasteiger partial charge in [0.1, 0.15) is 0 Å². The van der Waals surface area contributed by atoms with E-state index in [1.807, 2.05) is 23.9 Å². The Morgan fingerprint density at radius 1 is 1.31 bits per heavy atom. The molecule has 1 saturated heterocycles. The molecule has 0 aromatic heterocycles. The van der Waals surface area contributed by atoms with Gasteiger partial charge >= 0.3 is 0 Å². The predicted octanol–water partition coefficient (Wildman–Crippen LogP) is 3.13. The highest BCUT2D eigenvalue weighted by Gasteiger charge is 2.16. The van der Waals surface area contributed by atoms with Gasteiger partial charge in [0.15, 0.2) is 0 Å². The lowest BCUT2D eigenvalue weighted by Gasteiger charge is -2.07. The maximum Gasteiger partial charge on any atom is 0.0991 e. The Morgan fingerprint density at radius 3 is 2.62 bits per heavy atom. The number of nitriles is 1. The van der Waals surface area contributed by atoms with E-state index in [-0.39, 0.29) is 0 Å². The molecule has 1 fully saturated rings. The number of thioether (sulfide) groups is 1. The molecule has 13 heavy (non-hydrogen) atoms. The topological polar surface area (TPSA) is 23.8 Å². The molecule has 2 heteroatoms. The molecule has 0 radical (unpaired) electrons. The molecular formula is C11H11NS. The van der Waals surface area contributed by atoms with Gasteiger partial charge in [0.2, 0.25) is 0 Å². The molecule has 1 atom stereocenters. The summed E-state index contributed by atoms with van der Waals surface area (Å²) >= 11 is 2.03. The minimum Gasteiger partial charge on any atom is -0.192 e. The Balaban J connectivity index is 2.18. The summed E-state index contributed by atoms with van der Waals surface area (Å²) in [6.45, 7) is 0. The molecule has 0 aliphatic carbocycles. The van der Waals surface area contributed by atoms with Crippen LogP contribution in [0.1, 0.15) is 29.2 Å². The summed E-state index contributed by atoms with van der Waals surface area (Å²) in [7, 11) is 0. The van der Waals surface area contributed by atoms with Crippen LogP contribution in [0.3, 0.4) is 0 Å². The Labute approximate surface area is 82.8 Å². The maximum atomic E-state index is 8.64. The second kappa shape index (κ2) is 3.85. The van der Waals surface area contributed by atoms with Crippen LogP contribution in [0.5, 0.6) is 0 Å². The van der Waals surface area contributed by atoms with Crippen molar-refractivity contribution in [3.63, 3.8) is 0 Å². The Hall–Kier alpha value is -0.940.